The first-order chi connectivity index (χ1) is 16.1. The molecule has 2 aromatic carbocycles. The molecule has 0 aliphatic carbocycles. The van der Waals surface area contributed by atoms with E-state index in [1.807, 2.05) is 19.1 Å². The Labute approximate surface area is 209 Å². The summed E-state index contributed by atoms with van der Waals surface area (Å²) in [5.74, 6) is 0.578. The molecule has 0 aromatic heterocycles. The first-order valence-corrected chi connectivity index (χ1v) is 10.9. The smallest absolute Gasteiger partial charge is 0.248 e. The molecular formula is C23H28N4O5S2. The molecule has 9 nitrogen and oxygen atoms in total. The number of methoxy groups -OCH3 is 3. The van der Waals surface area contributed by atoms with Crippen LogP contribution < -0.4 is 25.1 Å². The number of nitrogens with zero attached hydrogens (tertiary/aromatic N) is 2. The van der Waals surface area contributed by atoms with Crippen LogP contribution in [0, 0.1) is 6.92 Å². The monoisotopic (exact) mass is 504 g/mol. The van der Waals surface area contributed by atoms with Crippen LogP contribution in [0.15, 0.2) is 36.4 Å². The fourth-order valence-electron chi connectivity index (χ4n) is 3.03. The zero-order valence-corrected chi connectivity index (χ0v) is 21.6. The van der Waals surface area contributed by atoms with Crippen molar-refractivity contribution in [2.45, 2.75) is 13.3 Å². The lowest BCUT2D eigenvalue weighted by molar-refractivity contribution is -0.132. The Morgan fingerprint density at radius 3 is 1.74 bits per heavy atom. The van der Waals surface area contributed by atoms with Crippen molar-refractivity contribution in [3.05, 3.63) is 53.1 Å². The quantitative estimate of drug-likeness (QED) is 0.335. The lowest BCUT2D eigenvalue weighted by atomic mass is 10.1. The fourth-order valence-corrected chi connectivity index (χ4v) is 3.44. The van der Waals surface area contributed by atoms with E-state index < -0.39 is 18.2 Å². The zero-order valence-electron chi connectivity index (χ0n) is 19.9. The summed E-state index contributed by atoms with van der Waals surface area (Å²) >= 11 is 10.9. The third-order valence-corrected chi connectivity index (χ3v) is 5.73. The number of thiocarbonyl (C=S) groups is 2. The van der Waals surface area contributed by atoms with Gasteiger partial charge in [0.1, 0.15) is 33.6 Å². The van der Waals surface area contributed by atoms with Crippen molar-refractivity contribution in [1.82, 2.24) is 20.9 Å². The van der Waals surface area contributed by atoms with E-state index in [9.17, 15) is 9.59 Å². The Hall–Kier alpha value is -3.44. The van der Waals surface area contributed by atoms with Crippen molar-refractivity contribution in [3.8, 4) is 17.2 Å². The standard InChI is InChI=1S/C23H28N4O5S2/c1-14-7-9-18(31-5)16(11-14)22(33)26(2)24-20(28)13-21(29)25-27(3)23(34)17-12-15(30-4)8-10-19(17)32-6/h7-12H,13H2,1-6H3,(H,24,28)(H,25,29). The van der Waals surface area contributed by atoms with Gasteiger partial charge in [-0.3, -0.25) is 30.5 Å². The highest BCUT2D eigenvalue weighted by molar-refractivity contribution is 7.81. The molecule has 0 fully saturated rings. The average Bonchev–Trinajstić information content (AvgIpc) is 2.82. The zero-order chi connectivity index (χ0) is 25.4. The molecule has 34 heavy (non-hydrogen) atoms. The van der Waals surface area contributed by atoms with Gasteiger partial charge in [-0.2, -0.15) is 0 Å². The topological polar surface area (TPSA) is 92.4 Å². The van der Waals surface area contributed by atoms with Crippen LogP contribution in [0.2, 0.25) is 0 Å². The number of aryl methyl sites for hydroxylation is 1. The van der Waals surface area contributed by atoms with Crippen LogP contribution in [0.3, 0.4) is 0 Å². The van der Waals surface area contributed by atoms with Crippen LogP contribution in [0.1, 0.15) is 23.1 Å². The molecule has 2 N–H and O–H groups in total. The van der Waals surface area contributed by atoms with Crippen LogP contribution in [0.5, 0.6) is 17.2 Å². The third kappa shape index (κ3) is 6.78. The summed E-state index contributed by atoms with van der Waals surface area (Å²) in [6.45, 7) is 1.93. The summed E-state index contributed by atoms with van der Waals surface area (Å²) in [6.07, 6.45) is -0.444. The summed E-state index contributed by atoms with van der Waals surface area (Å²) in [5, 5.41) is 2.71. The van der Waals surface area contributed by atoms with Crippen molar-refractivity contribution in [2.24, 2.45) is 0 Å². The number of ether oxygens (including phenoxy) is 3. The highest BCUT2D eigenvalue weighted by Crippen LogP contribution is 2.25. The minimum absolute atomic E-state index is 0.286. The minimum atomic E-state index is -0.559. The Bertz CT molecular complexity index is 1090. The van der Waals surface area contributed by atoms with E-state index >= 15 is 0 Å². The SMILES string of the molecule is COc1ccc(OC)c(C(=S)N(C)NC(=O)CC(=O)NN(C)C(=S)c2cc(C)ccc2OC)c1. The molecule has 0 aliphatic rings. The van der Waals surface area contributed by atoms with Crippen molar-refractivity contribution in [3.63, 3.8) is 0 Å². The van der Waals surface area contributed by atoms with Gasteiger partial charge in [0.05, 0.1) is 32.5 Å². The maximum absolute atomic E-state index is 12.4. The van der Waals surface area contributed by atoms with Gasteiger partial charge in [0.25, 0.3) is 0 Å². The van der Waals surface area contributed by atoms with Gasteiger partial charge in [-0.15, -0.1) is 0 Å². The van der Waals surface area contributed by atoms with E-state index in [4.69, 9.17) is 38.6 Å². The molecule has 0 atom stereocenters. The summed E-state index contributed by atoms with van der Waals surface area (Å²) in [6, 6.07) is 10.7. The molecule has 0 unspecified atom stereocenters. The number of rotatable bonds is 7. The second kappa shape index (κ2) is 12.1. The molecule has 2 aromatic rings. The molecule has 0 heterocycles. The Morgan fingerprint density at radius 1 is 0.794 bits per heavy atom. The van der Waals surface area contributed by atoms with Crippen LogP contribution >= 0.6 is 24.4 Å². The van der Waals surface area contributed by atoms with Gasteiger partial charge in [0, 0.05) is 14.1 Å². The number of benzene rings is 2. The lowest BCUT2D eigenvalue weighted by Crippen LogP contribution is -2.47. The molecule has 0 spiro atoms. The van der Waals surface area contributed by atoms with E-state index in [0.29, 0.717) is 33.4 Å². The van der Waals surface area contributed by atoms with Gasteiger partial charge in [-0.25, -0.2) is 0 Å². The van der Waals surface area contributed by atoms with Crippen molar-refractivity contribution < 1.29 is 23.8 Å². The number of carbonyl (C=O) groups is 2. The summed E-state index contributed by atoms with van der Waals surface area (Å²) < 4.78 is 15.9. The van der Waals surface area contributed by atoms with Gasteiger partial charge in [0.2, 0.25) is 11.8 Å². The Morgan fingerprint density at radius 2 is 1.26 bits per heavy atom. The van der Waals surface area contributed by atoms with Gasteiger partial charge in [-0.1, -0.05) is 36.1 Å². The van der Waals surface area contributed by atoms with Crippen molar-refractivity contribution in [1.29, 1.82) is 0 Å². The molecule has 0 saturated heterocycles. The van der Waals surface area contributed by atoms with E-state index in [1.54, 1.807) is 45.5 Å². The molecule has 0 saturated carbocycles. The first-order valence-electron chi connectivity index (χ1n) is 10.1. The van der Waals surface area contributed by atoms with E-state index in [0.717, 1.165) is 5.56 Å². The highest BCUT2D eigenvalue weighted by atomic mass is 32.1. The number of hydrogen-bond donors (Lipinski definition) is 2. The second-order valence-electron chi connectivity index (χ2n) is 7.25. The van der Waals surface area contributed by atoms with Crippen molar-refractivity contribution >= 4 is 46.2 Å². The molecule has 11 heteroatoms. The van der Waals surface area contributed by atoms with Gasteiger partial charge in [-0.05, 0) is 37.3 Å². The number of amides is 2. The molecule has 0 aliphatic heterocycles. The van der Waals surface area contributed by atoms with E-state index in [2.05, 4.69) is 10.9 Å². The first kappa shape index (κ1) is 26.8. The molecular weight excluding hydrogens is 476 g/mol. The molecule has 182 valence electrons. The van der Waals surface area contributed by atoms with Crippen LogP contribution in [0.25, 0.3) is 0 Å². The molecule has 2 rings (SSSR count). The van der Waals surface area contributed by atoms with E-state index in [-0.39, 0.29) is 4.99 Å². The van der Waals surface area contributed by atoms with Crippen molar-refractivity contribution in [2.75, 3.05) is 35.4 Å². The predicted octanol–water partition coefficient (Wildman–Crippen LogP) is 2.39. The average molecular weight is 505 g/mol. The van der Waals surface area contributed by atoms with Crippen LogP contribution in [0.4, 0.5) is 0 Å². The maximum Gasteiger partial charge on any atom is 0.248 e. The molecule has 0 radical (unpaired) electrons. The summed E-state index contributed by atoms with van der Waals surface area (Å²) in [5.41, 5.74) is 7.38. The fraction of sp³-hybridized carbons (Fsp3) is 0.304. The van der Waals surface area contributed by atoms with Crippen LogP contribution in [-0.2, 0) is 9.59 Å². The summed E-state index contributed by atoms with van der Waals surface area (Å²) in [7, 11) is 7.76. The van der Waals surface area contributed by atoms with E-state index in [1.165, 1.54) is 24.2 Å². The largest absolute Gasteiger partial charge is 0.497 e. The van der Waals surface area contributed by atoms with Gasteiger partial charge >= 0.3 is 0 Å². The normalized spacial score (nSPS) is 10.1. The Kier molecular flexibility index (Phi) is 9.58. The molecule has 2 amide bonds. The number of hydrazine groups is 2. The highest BCUT2D eigenvalue weighted by Gasteiger charge is 2.19. The van der Waals surface area contributed by atoms with Gasteiger partial charge in [0.15, 0.2) is 0 Å². The lowest BCUT2D eigenvalue weighted by Gasteiger charge is -2.24. The number of carbonyl (C=O) groups excluding carboxylic acids is 2. The maximum atomic E-state index is 12.4. The summed E-state index contributed by atoms with van der Waals surface area (Å²) in [4.78, 5) is 25.5. The predicted molar refractivity (Wildman–Crippen MR) is 137 cm³/mol. The van der Waals surface area contributed by atoms with Gasteiger partial charge < -0.3 is 14.2 Å². The number of nitrogens with one attached hydrogen (secondary N) is 2. The minimum Gasteiger partial charge on any atom is -0.497 e. The van der Waals surface area contributed by atoms with Crippen LogP contribution in [-0.4, -0.2) is 67.2 Å². The Balaban J connectivity index is 1.98. The third-order valence-electron chi connectivity index (χ3n) is 4.74. The molecule has 0 bridgehead atoms. The second-order valence-corrected chi connectivity index (χ2v) is 8.02. The number of hydrogen-bond acceptors (Lipinski definition) is 7.